The number of carbonyl (C=O) groups excluding carboxylic acids is 1. The third-order valence-electron chi connectivity index (χ3n) is 4.14. The topological polar surface area (TPSA) is 70.6 Å². The van der Waals surface area contributed by atoms with E-state index < -0.39 is 15.3 Å². The van der Waals surface area contributed by atoms with Gasteiger partial charge in [-0.15, -0.1) is 0 Å². The van der Waals surface area contributed by atoms with Gasteiger partial charge in [-0.1, -0.05) is 24.3 Å². The largest absolute Gasteiger partial charge is 0.336 e. The molecule has 2 heterocycles. The number of amides is 1. The molecular weight excluding hydrogens is 326 g/mol. The maximum atomic E-state index is 12.6. The van der Waals surface area contributed by atoms with Crippen LogP contribution in [-0.4, -0.2) is 53.9 Å². The Bertz CT molecular complexity index is 803. The summed E-state index contributed by atoms with van der Waals surface area (Å²) in [6.07, 6.45) is 3.30. The zero-order valence-corrected chi connectivity index (χ0v) is 14.2. The fourth-order valence-corrected chi connectivity index (χ4v) is 4.22. The zero-order chi connectivity index (χ0) is 17.2. The first-order valence-corrected chi connectivity index (χ1v) is 9.17. The summed E-state index contributed by atoms with van der Waals surface area (Å²) in [6, 6.07) is 12.5. The number of hydrogen-bond donors (Lipinski definition) is 0. The molecule has 1 fully saturated rings. The van der Waals surface area contributed by atoms with Crippen LogP contribution in [0, 0.1) is 0 Å². The molecule has 0 spiro atoms. The molecule has 3 rings (SSSR count). The number of likely N-dealkylation sites (tertiary alicyclic amines) is 1. The van der Waals surface area contributed by atoms with Crippen LogP contribution in [0.2, 0.25) is 0 Å². The van der Waals surface area contributed by atoms with Crippen molar-refractivity contribution in [3.63, 3.8) is 0 Å². The average molecular weight is 345 g/mol. The Labute approximate surface area is 141 Å². The molecule has 1 saturated heterocycles. The number of pyridine rings is 1. The molecule has 2 aromatic rings. The molecule has 1 amide bonds. The van der Waals surface area contributed by atoms with Gasteiger partial charge >= 0.3 is 0 Å². The van der Waals surface area contributed by atoms with Gasteiger partial charge in [0.15, 0.2) is 0 Å². The van der Waals surface area contributed by atoms with E-state index in [0.717, 1.165) is 5.56 Å². The van der Waals surface area contributed by atoms with E-state index in [1.165, 1.54) is 4.31 Å². The number of hydrogen-bond acceptors (Lipinski definition) is 4. The predicted octanol–water partition coefficient (Wildman–Crippen LogP) is 1.37. The van der Waals surface area contributed by atoms with Crippen LogP contribution in [0.25, 0.3) is 0 Å². The molecule has 0 atom stereocenters. The maximum absolute atomic E-state index is 12.6. The number of carbonyl (C=O) groups is 1. The Kier molecular flexibility index (Phi) is 4.64. The maximum Gasteiger partial charge on any atom is 0.253 e. The fourth-order valence-electron chi connectivity index (χ4n) is 2.65. The van der Waals surface area contributed by atoms with Gasteiger partial charge in [-0.3, -0.25) is 9.78 Å². The molecule has 24 heavy (non-hydrogen) atoms. The van der Waals surface area contributed by atoms with E-state index in [1.54, 1.807) is 54.7 Å². The number of benzene rings is 1. The average Bonchev–Trinajstić information content (AvgIpc) is 2.55. The highest BCUT2D eigenvalue weighted by Gasteiger charge is 2.41. The molecule has 1 aromatic heterocycles. The Morgan fingerprint density at radius 3 is 2.54 bits per heavy atom. The summed E-state index contributed by atoms with van der Waals surface area (Å²) in [5.74, 6) is -0.128. The summed E-state index contributed by atoms with van der Waals surface area (Å²) in [4.78, 5) is 17.8. The SMILES string of the molecule is CN(Cc1cccnc1)S(=O)(=O)C1CN(C(=O)c2ccccc2)C1. The highest BCUT2D eigenvalue weighted by atomic mass is 32.2. The molecule has 0 N–H and O–H groups in total. The van der Waals surface area contributed by atoms with Crippen molar-refractivity contribution in [2.24, 2.45) is 0 Å². The van der Waals surface area contributed by atoms with Gasteiger partial charge in [0.05, 0.1) is 0 Å². The first kappa shape index (κ1) is 16.6. The van der Waals surface area contributed by atoms with Crippen molar-refractivity contribution in [2.75, 3.05) is 20.1 Å². The second-order valence-electron chi connectivity index (χ2n) is 5.86. The normalized spacial score (nSPS) is 15.3. The van der Waals surface area contributed by atoms with Gasteiger partial charge in [0, 0.05) is 44.6 Å². The Morgan fingerprint density at radius 2 is 1.92 bits per heavy atom. The van der Waals surface area contributed by atoms with E-state index in [1.807, 2.05) is 12.1 Å². The van der Waals surface area contributed by atoms with Crippen LogP contribution in [0.1, 0.15) is 15.9 Å². The molecule has 0 radical (unpaired) electrons. The van der Waals surface area contributed by atoms with Crippen molar-refractivity contribution < 1.29 is 13.2 Å². The van der Waals surface area contributed by atoms with E-state index in [2.05, 4.69) is 4.98 Å². The summed E-state index contributed by atoms with van der Waals surface area (Å²) in [5, 5.41) is -0.549. The van der Waals surface area contributed by atoms with Gasteiger partial charge in [-0.2, -0.15) is 0 Å². The third kappa shape index (κ3) is 3.32. The Balaban J connectivity index is 1.61. The van der Waals surface area contributed by atoms with E-state index >= 15 is 0 Å². The van der Waals surface area contributed by atoms with Gasteiger partial charge in [-0.25, -0.2) is 12.7 Å². The van der Waals surface area contributed by atoms with Gasteiger partial charge in [-0.05, 0) is 23.8 Å². The smallest absolute Gasteiger partial charge is 0.253 e. The molecule has 0 bridgehead atoms. The first-order valence-electron chi connectivity index (χ1n) is 7.67. The minimum Gasteiger partial charge on any atom is -0.336 e. The monoisotopic (exact) mass is 345 g/mol. The molecule has 6 nitrogen and oxygen atoms in total. The van der Waals surface area contributed by atoms with Crippen LogP contribution in [0.15, 0.2) is 54.9 Å². The molecular formula is C17H19N3O3S. The van der Waals surface area contributed by atoms with Gasteiger partial charge in [0.1, 0.15) is 5.25 Å². The van der Waals surface area contributed by atoms with Crippen LogP contribution < -0.4 is 0 Å². The van der Waals surface area contributed by atoms with Crippen molar-refractivity contribution in [3.05, 3.63) is 66.0 Å². The lowest BCUT2D eigenvalue weighted by molar-refractivity contribution is 0.0655. The van der Waals surface area contributed by atoms with Crippen LogP contribution in [-0.2, 0) is 16.6 Å². The van der Waals surface area contributed by atoms with Gasteiger partial charge in [0.25, 0.3) is 5.91 Å². The van der Waals surface area contributed by atoms with Crippen LogP contribution in [0.3, 0.4) is 0 Å². The molecule has 0 saturated carbocycles. The van der Waals surface area contributed by atoms with E-state index in [4.69, 9.17) is 0 Å². The van der Waals surface area contributed by atoms with Crippen molar-refractivity contribution >= 4 is 15.9 Å². The van der Waals surface area contributed by atoms with Crippen molar-refractivity contribution in [1.82, 2.24) is 14.2 Å². The summed E-state index contributed by atoms with van der Waals surface area (Å²) in [7, 11) is -1.88. The molecule has 1 aliphatic rings. The van der Waals surface area contributed by atoms with Gasteiger partial charge < -0.3 is 4.90 Å². The van der Waals surface area contributed by atoms with Crippen molar-refractivity contribution in [3.8, 4) is 0 Å². The number of aromatic nitrogens is 1. The fraction of sp³-hybridized carbons (Fsp3) is 0.294. The minimum absolute atomic E-state index is 0.128. The van der Waals surface area contributed by atoms with Crippen LogP contribution in [0.4, 0.5) is 0 Å². The number of sulfonamides is 1. The Hall–Kier alpha value is -2.25. The zero-order valence-electron chi connectivity index (χ0n) is 13.4. The van der Waals surface area contributed by atoms with Crippen molar-refractivity contribution in [2.45, 2.75) is 11.8 Å². The quantitative estimate of drug-likeness (QED) is 0.821. The molecule has 0 aliphatic carbocycles. The minimum atomic E-state index is -3.44. The second-order valence-corrected chi connectivity index (χ2v) is 8.18. The van der Waals surface area contributed by atoms with Crippen LogP contribution in [0.5, 0.6) is 0 Å². The molecule has 7 heteroatoms. The predicted molar refractivity (Wildman–Crippen MR) is 90.8 cm³/mol. The van der Waals surface area contributed by atoms with Crippen LogP contribution >= 0.6 is 0 Å². The summed E-state index contributed by atoms with van der Waals surface area (Å²) in [5.41, 5.74) is 1.41. The number of rotatable bonds is 5. The highest BCUT2D eigenvalue weighted by molar-refractivity contribution is 7.89. The van der Waals surface area contributed by atoms with Gasteiger partial charge in [0.2, 0.25) is 10.0 Å². The summed E-state index contributed by atoms with van der Waals surface area (Å²) >= 11 is 0. The lowest BCUT2D eigenvalue weighted by Crippen LogP contribution is -2.59. The second kappa shape index (κ2) is 6.70. The van der Waals surface area contributed by atoms with E-state index in [-0.39, 0.29) is 25.5 Å². The summed E-state index contributed by atoms with van der Waals surface area (Å²) < 4.78 is 26.5. The van der Waals surface area contributed by atoms with Crippen molar-refractivity contribution in [1.29, 1.82) is 0 Å². The number of nitrogens with zero attached hydrogens (tertiary/aromatic N) is 3. The lowest BCUT2D eigenvalue weighted by atomic mass is 10.1. The molecule has 0 unspecified atom stereocenters. The van der Waals surface area contributed by atoms with E-state index in [0.29, 0.717) is 5.56 Å². The van der Waals surface area contributed by atoms with E-state index in [9.17, 15) is 13.2 Å². The third-order valence-corrected chi connectivity index (χ3v) is 6.28. The lowest BCUT2D eigenvalue weighted by Gasteiger charge is -2.40. The first-order chi connectivity index (χ1) is 11.5. The molecule has 1 aliphatic heterocycles. The highest BCUT2D eigenvalue weighted by Crippen LogP contribution is 2.22. The molecule has 1 aromatic carbocycles. The summed E-state index contributed by atoms with van der Waals surface area (Å²) in [6.45, 7) is 0.736. The standard InChI is InChI=1S/C17H19N3O3S/c1-19(11-14-6-5-9-18-10-14)24(22,23)16-12-20(13-16)17(21)15-7-3-2-4-8-15/h2-10,16H,11-13H2,1H3. The molecule has 126 valence electrons. The Morgan fingerprint density at radius 1 is 1.21 bits per heavy atom.